The highest BCUT2D eigenvalue weighted by Gasteiger charge is 2.49. The molecule has 3 saturated heterocycles. The van der Waals surface area contributed by atoms with Gasteiger partial charge in [0.25, 0.3) is 5.91 Å². The molecule has 3 aliphatic heterocycles. The number of piperidine rings is 1. The van der Waals surface area contributed by atoms with Crippen molar-refractivity contribution in [1.29, 1.82) is 0 Å². The van der Waals surface area contributed by atoms with Crippen molar-refractivity contribution in [2.45, 2.75) is 24.8 Å². The lowest BCUT2D eigenvalue weighted by molar-refractivity contribution is -0.139. The van der Waals surface area contributed by atoms with Crippen molar-refractivity contribution in [3.63, 3.8) is 0 Å². The van der Waals surface area contributed by atoms with E-state index in [4.69, 9.17) is 0 Å². The van der Waals surface area contributed by atoms with Gasteiger partial charge in [0, 0.05) is 36.2 Å². The highest BCUT2D eigenvalue weighted by molar-refractivity contribution is 9.10. The van der Waals surface area contributed by atoms with Gasteiger partial charge in [-0.25, -0.2) is 4.79 Å². The summed E-state index contributed by atoms with van der Waals surface area (Å²) < 4.78 is 0.927. The van der Waals surface area contributed by atoms with Crippen LogP contribution in [0.15, 0.2) is 28.7 Å². The van der Waals surface area contributed by atoms with Gasteiger partial charge in [0.15, 0.2) is 0 Å². The van der Waals surface area contributed by atoms with E-state index >= 15 is 0 Å². The molecule has 0 aliphatic carbocycles. The highest BCUT2D eigenvalue weighted by Crippen LogP contribution is 2.30. The van der Waals surface area contributed by atoms with E-state index in [9.17, 15) is 19.2 Å². The van der Waals surface area contributed by atoms with Gasteiger partial charge in [0.05, 0.1) is 5.92 Å². The Kier molecular flexibility index (Phi) is 4.41. The number of nitrogens with zero attached hydrogens (tertiary/aromatic N) is 2. The SMILES string of the molecule is O=C1NC(=O)C2(CCN(C(=O)[C@@H]3CC(=O)N(c4ccc(Br)cc4)C3)CC2)N1. The third-order valence-electron chi connectivity index (χ3n) is 5.56. The molecule has 8 nitrogen and oxygen atoms in total. The molecule has 1 atom stereocenters. The smallest absolute Gasteiger partial charge is 0.322 e. The minimum Gasteiger partial charge on any atom is -0.342 e. The van der Waals surface area contributed by atoms with Crippen LogP contribution in [0.5, 0.6) is 0 Å². The number of imide groups is 1. The maximum Gasteiger partial charge on any atom is 0.322 e. The van der Waals surface area contributed by atoms with Crippen LogP contribution in [0, 0.1) is 5.92 Å². The number of halogens is 1. The molecule has 1 aromatic carbocycles. The Labute approximate surface area is 164 Å². The number of anilines is 1. The van der Waals surface area contributed by atoms with E-state index in [1.54, 1.807) is 9.80 Å². The van der Waals surface area contributed by atoms with E-state index in [1.807, 2.05) is 24.3 Å². The van der Waals surface area contributed by atoms with Gasteiger partial charge >= 0.3 is 6.03 Å². The molecule has 3 heterocycles. The molecule has 0 aromatic heterocycles. The van der Waals surface area contributed by atoms with Gasteiger partial charge in [0.2, 0.25) is 11.8 Å². The summed E-state index contributed by atoms with van der Waals surface area (Å²) in [5.74, 6) is -0.839. The number of likely N-dealkylation sites (tertiary alicyclic amines) is 1. The predicted octanol–water partition coefficient (Wildman–Crippen LogP) is 1.00. The molecule has 9 heteroatoms. The number of benzene rings is 1. The summed E-state index contributed by atoms with van der Waals surface area (Å²) in [4.78, 5) is 52.0. The van der Waals surface area contributed by atoms with E-state index in [0.29, 0.717) is 32.5 Å². The standard InChI is InChI=1S/C18H19BrN4O4/c19-12-1-3-13(4-2-12)23-10-11(9-14(23)24)15(25)22-7-5-18(6-8-22)16(26)20-17(27)21-18/h1-4,11H,5-10H2,(H2,20,21,26,27)/t11-/m1/s1. The zero-order valence-electron chi connectivity index (χ0n) is 14.5. The Balaban J connectivity index is 1.39. The Bertz CT molecular complexity index is 817. The molecule has 0 radical (unpaired) electrons. The van der Waals surface area contributed by atoms with Gasteiger partial charge in [-0.1, -0.05) is 15.9 Å². The molecule has 0 saturated carbocycles. The second-order valence-electron chi connectivity index (χ2n) is 7.20. The van der Waals surface area contributed by atoms with Gasteiger partial charge in [-0.05, 0) is 37.1 Å². The average molecular weight is 435 g/mol. The molecular formula is C18H19BrN4O4. The van der Waals surface area contributed by atoms with Crippen LogP contribution >= 0.6 is 15.9 Å². The fourth-order valence-corrected chi connectivity index (χ4v) is 4.26. The van der Waals surface area contributed by atoms with Crippen molar-refractivity contribution in [3.8, 4) is 0 Å². The van der Waals surface area contributed by atoms with Gasteiger partial charge in [-0.2, -0.15) is 0 Å². The maximum atomic E-state index is 12.9. The minimum absolute atomic E-state index is 0.0633. The molecule has 1 spiro atoms. The van der Waals surface area contributed by atoms with Crippen LogP contribution in [0.4, 0.5) is 10.5 Å². The number of hydrogen-bond donors (Lipinski definition) is 2. The Morgan fingerprint density at radius 2 is 1.78 bits per heavy atom. The number of carbonyl (C=O) groups excluding carboxylic acids is 4. The second kappa shape index (κ2) is 6.63. The average Bonchev–Trinajstić information content (AvgIpc) is 3.16. The van der Waals surface area contributed by atoms with Gasteiger partial charge in [-0.15, -0.1) is 0 Å². The lowest BCUT2D eigenvalue weighted by Gasteiger charge is -2.37. The maximum absolute atomic E-state index is 12.9. The van der Waals surface area contributed by atoms with Crippen LogP contribution in [0.25, 0.3) is 0 Å². The zero-order chi connectivity index (χ0) is 19.2. The van der Waals surface area contributed by atoms with Gasteiger partial charge in [-0.3, -0.25) is 19.7 Å². The van der Waals surface area contributed by atoms with Crippen LogP contribution in [-0.2, 0) is 14.4 Å². The topological polar surface area (TPSA) is 98.8 Å². The van der Waals surface area contributed by atoms with Crippen molar-refractivity contribution in [1.82, 2.24) is 15.5 Å². The Morgan fingerprint density at radius 1 is 1.11 bits per heavy atom. The monoisotopic (exact) mass is 434 g/mol. The summed E-state index contributed by atoms with van der Waals surface area (Å²) >= 11 is 3.37. The first kappa shape index (κ1) is 18.0. The fourth-order valence-electron chi connectivity index (χ4n) is 3.99. The van der Waals surface area contributed by atoms with Gasteiger partial charge in [0.1, 0.15) is 5.54 Å². The molecule has 2 N–H and O–H groups in total. The Morgan fingerprint density at radius 3 is 2.37 bits per heavy atom. The Hall–Kier alpha value is -2.42. The second-order valence-corrected chi connectivity index (χ2v) is 8.11. The molecule has 0 unspecified atom stereocenters. The van der Waals surface area contributed by atoms with Crippen molar-refractivity contribution >= 4 is 45.4 Å². The molecule has 1 aromatic rings. The van der Waals surface area contributed by atoms with Crippen LogP contribution in [0.2, 0.25) is 0 Å². The first-order valence-electron chi connectivity index (χ1n) is 8.86. The molecule has 4 rings (SSSR count). The van der Waals surface area contributed by atoms with E-state index < -0.39 is 11.6 Å². The van der Waals surface area contributed by atoms with Crippen molar-refractivity contribution in [3.05, 3.63) is 28.7 Å². The number of hydrogen-bond acceptors (Lipinski definition) is 4. The molecule has 142 valence electrons. The summed E-state index contributed by atoms with van der Waals surface area (Å²) in [6.45, 7) is 1.13. The van der Waals surface area contributed by atoms with Crippen molar-refractivity contribution in [2.75, 3.05) is 24.5 Å². The number of carbonyl (C=O) groups is 4. The van der Waals surface area contributed by atoms with Crippen LogP contribution < -0.4 is 15.5 Å². The summed E-state index contributed by atoms with van der Waals surface area (Å²) in [5.41, 5.74) is -0.121. The predicted molar refractivity (Wildman–Crippen MR) is 99.8 cm³/mol. The van der Waals surface area contributed by atoms with Crippen LogP contribution in [0.3, 0.4) is 0 Å². The normalized spacial score (nSPS) is 24.3. The molecule has 0 bridgehead atoms. The van der Waals surface area contributed by atoms with Crippen molar-refractivity contribution < 1.29 is 19.2 Å². The fraction of sp³-hybridized carbons (Fsp3) is 0.444. The molecule has 3 fully saturated rings. The van der Waals surface area contributed by atoms with E-state index in [0.717, 1.165) is 10.2 Å². The first-order chi connectivity index (χ1) is 12.9. The number of amides is 5. The summed E-state index contributed by atoms with van der Waals surface area (Å²) in [6, 6.07) is 6.94. The van der Waals surface area contributed by atoms with Crippen LogP contribution in [-0.4, -0.2) is 53.8 Å². The number of rotatable bonds is 2. The first-order valence-corrected chi connectivity index (χ1v) is 9.66. The summed E-state index contributed by atoms with van der Waals surface area (Å²) in [7, 11) is 0. The molecule has 27 heavy (non-hydrogen) atoms. The lowest BCUT2D eigenvalue weighted by atomic mass is 9.87. The van der Waals surface area contributed by atoms with E-state index in [-0.39, 0.29) is 30.1 Å². The largest absolute Gasteiger partial charge is 0.342 e. The van der Waals surface area contributed by atoms with E-state index in [1.165, 1.54) is 0 Å². The molecule has 3 aliphatic rings. The minimum atomic E-state index is -0.900. The quantitative estimate of drug-likeness (QED) is 0.678. The number of urea groups is 1. The highest BCUT2D eigenvalue weighted by atomic mass is 79.9. The summed E-state index contributed by atoms with van der Waals surface area (Å²) in [6.07, 6.45) is 0.953. The zero-order valence-corrected chi connectivity index (χ0v) is 16.1. The molecule has 5 amide bonds. The third-order valence-corrected chi connectivity index (χ3v) is 6.08. The van der Waals surface area contributed by atoms with Crippen LogP contribution in [0.1, 0.15) is 19.3 Å². The van der Waals surface area contributed by atoms with Gasteiger partial charge < -0.3 is 15.1 Å². The van der Waals surface area contributed by atoms with Crippen molar-refractivity contribution in [2.24, 2.45) is 5.92 Å². The summed E-state index contributed by atoms with van der Waals surface area (Å²) in [5, 5.41) is 4.95. The van der Waals surface area contributed by atoms with E-state index in [2.05, 4.69) is 26.6 Å². The lowest BCUT2D eigenvalue weighted by Crippen LogP contribution is -2.56. The molecular weight excluding hydrogens is 416 g/mol. The number of nitrogens with one attached hydrogen (secondary N) is 2. The third kappa shape index (κ3) is 3.20.